The number of anilines is 1. The minimum atomic E-state index is -0.149. The number of aromatic nitrogens is 1. The molecule has 0 bridgehead atoms. The monoisotopic (exact) mass is 269 g/mol. The summed E-state index contributed by atoms with van der Waals surface area (Å²) in [5, 5.41) is 5.02. The molecular weight excluding hydrogens is 250 g/mol. The number of likely N-dealkylation sites (N-methyl/N-ethyl adjacent to an activating group) is 2. The lowest BCUT2D eigenvalue weighted by atomic mass is 10.2. The molecule has 0 spiro atoms. The van der Waals surface area contributed by atoms with Gasteiger partial charge in [-0.25, -0.2) is 4.98 Å². The second kappa shape index (κ2) is 5.64. The Morgan fingerprint density at radius 1 is 1.61 bits per heavy atom. The van der Waals surface area contributed by atoms with Gasteiger partial charge in [-0.2, -0.15) is 0 Å². The summed E-state index contributed by atoms with van der Waals surface area (Å²) in [7, 11) is 4.19. The van der Waals surface area contributed by atoms with Crippen molar-refractivity contribution in [3.05, 3.63) is 11.1 Å². The first-order valence-electron chi connectivity index (χ1n) is 5.94. The first-order valence-corrected chi connectivity index (χ1v) is 6.82. The molecule has 1 aromatic heterocycles. The molecule has 6 nitrogen and oxygen atoms in total. The molecule has 1 atom stereocenters. The van der Waals surface area contributed by atoms with Crippen LogP contribution in [-0.4, -0.2) is 67.0 Å². The van der Waals surface area contributed by atoms with Crippen LogP contribution in [0.25, 0.3) is 0 Å². The summed E-state index contributed by atoms with van der Waals surface area (Å²) in [5.41, 5.74) is 5.91. The maximum atomic E-state index is 11.8. The molecule has 7 heteroatoms. The van der Waals surface area contributed by atoms with Crippen LogP contribution in [0.4, 0.5) is 5.13 Å². The highest BCUT2D eigenvalue weighted by atomic mass is 32.1. The Balaban J connectivity index is 1.85. The van der Waals surface area contributed by atoms with Crippen molar-refractivity contribution < 1.29 is 4.79 Å². The van der Waals surface area contributed by atoms with Crippen LogP contribution in [0.15, 0.2) is 5.38 Å². The molecule has 2 heterocycles. The number of carbonyl (C=O) groups excluding carboxylic acids is 1. The predicted octanol–water partition coefficient (Wildman–Crippen LogP) is -0.299. The van der Waals surface area contributed by atoms with E-state index in [4.69, 9.17) is 5.73 Å². The van der Waals surface area contributed by atoms with Crippen molar-refractivity contribution in [2.75, 3.05) is 46.0 Å². The zero-order chi connectivity index (χ0) is 13.1. The molecule has 1 aliphatic heterocycles. The number of hydrogen-bond acceptors (Lipinski definition) is 6. The van der Waals surface area contributed by atoms with Crippen molar-refractivity contribution in [3.63, 3.8) is 0 Å². The molecular formula is C11H19N5OS. The summed E-state index contributed by atoms with van der Waals surface area (Å²) in [4.78, 5) is 20.4. The van der Waals surface area contributed by atoms with E-state index in [0.717, 1.165) is 19.6 Å². The minimum absolute atomic E-state index is 0.149. The van der Waals surface area contributed by atoms with E-state index >= 15 is 0 Å². The van der Waals surface area contributed by atoms with E-state index in [0.29, 0.717) is 23.4 Å². The Labute approximate surface area is 111 Å². The molecule has 0 aromatic carbocycles. The quantitative estimate of drug-likeness (QED) is 0.788. The first-order chi connectivity index (χ1) is 8.56. The first kappa shape index (κ1) is 13.3. The largest absolute Gasteiger partial charge is 0.375 e. The molecule has 0 aliphatic carbocycles. The number of amides is 1. The van der Waals surface area contributed by atoms with Crippen molar-refractivity contribution in [1.82, 2.24) is 20.1 Å². The van der Waals surface area contributed by atoms with E-state index in [2.05, 4.69) is 34.2 Å². The number of hydrogen-bond donors (Lipinski definition) is 2. The summed E-state index contributed by atoms with van der Waals surface area (Å²) in [6, 6.07) is 0.351. The number of nitrogens with one attached hydrogen (secondary N) is 1. The Bertz CT molecular complexity index is 421. The fourth-order valence-electron chi connectivity index (χ4n) is 2.01. The SMILES string of the molecule is CN1CCN(C)C(CNC(=O)c2csc(N)n2)C1. The number of nitrogens with two attached hydrogens (primary N) is 1. The normalized spacial score (nSPS) is 22.0. The van der Waals surface area contributed by atoms with E-state index in [-0.39, 0.29) is 5.91 Å². The molecule has 3 N–H and O–H groups in total. The van der Waals surface area contributed by atoms with Crippen molar-refractivity contribution in [2.45, 2.75) is 6.04 Å². The van der Waals surface area contributed by atoms with E-state index in [9.17, 15) is 4.79 Å². The lowest BCUT2D eigenvalue weighted by Crippen LogP contribution is -2.54. The van der Waals surface area contributed by atoms with Crippen LogP contribution in [0.1, 0.15) is 10.5 Å². The van der Waals surface area contributed by atoms with Gasteiger partial charge in [0.05, 0.1) is 0 Å². The summed E-state index contributed by atoms with van der Waals surface area (Å²) >= 11 is 1.28. The van der Waals surface area contributed by atoms with Crippen molar-refractivity contribution in [3.8, 4) is 0 Å². The maximum Gasteiger partial charge on any atom is 0.270 e. The summed E-state index contributed by atoms with van der Waals surface area (Å²) in [6.45, 7) is 3.71. The summed E-state index contributed by atoms with van der Waals surface area (Å²) in [6.07, 6.45) is 0. The average molecular weight is 269 g/mol. The number of nitrogen functional groups attached to an aromatic ring is 1. The van der Waals surface area contributed by atoms with Gasteiger partial charge >= 0.3 is 0 Å². The van der Waals surface area contributed by atoms with Crippen molar-refractivity contribution in [1.29, 1.82) is 0 Å². The van der Waals surface area contributed by atoms with Crippen molar-refractivity contribution in [2.24, 2.45) is 0 Å². The molecule has 2 rings (SSSR count). The molecule has 100 valence electrons. The maximum absolute atomic E-state index is 11.8. The molecule has 1 unspecified atom stereocenters. The Morgan fingerprint density at radius 3 is 3.06 bits per heavy atom. The van der Waals surface area contributed by atoms with Crippen LogP contribution >= 0.6 is 11.3 Å². The van der Waals surface area contributed by atoms with E-state index in [1.54, 1.807) is 5.38 Å². The number of nitrogens with zero attached hydrogens (tertiary/aromatic N) is 3. The van der Waals surface area contributed by atoms with Crippen LogP contribution in [0.3, 0.4) is 0 Å². The van der Waals surface area contributed by atoms with Crippen LogP contribution < -0.4 is 11.1 Å². The highest BCUT2D eigenvalue weighted by Gasteiger charge is 2.22. The molecule has 1 fully saturated rings. The van der Waals surface area contributed by atoms with Gasteiger partial charge in [0, 0.05) is 37.6 Å². The van der Waals surface area contributed by atoms with Crippen LogP contribution in [-0.2, 0) is 0 Å². The van der Waals surface area contributed by atoms with Gasteiger partial charge in [0.25, 0.3) is 5.91 Å². The van der Waals surface area contributed by atoms with Gasteiger partial charge in [-0.05, 0) is 14.1 Å². The molecule has 1 saturated heterocycles. The molecule has 18 heavy (non-hydrogen) atoms. The fourth-order valence-corrected chi connectivity index (χ4v) is 2.56. The van der Waals surface area contributed by atoms with Crippen LogP contribution in [0.2, 0.25) is 0 Å². The van der Waals surface area contributed by atoms with E-state index in [1.165, 1.54) is 11.3 Å². The molecule has 1 amide bonds. The third-order valence-corrected chi connectivity index (χ3v) is 3.91. The van der Waals surface area contributed by atoms with Gasteiger partial charge in [0.2, 0.25) is 0 Å². The smallest absolute Gasteiger partial charge is 0.270 e. The average Bonchev–Trinajstić information content (AvgIpc) is 2.77. The van der Waals surface area contributed by atoms with Gasteiger partial charge in [0.15, 0.2) is 5.13 Å². The van der Waals surface area contributed by atoms with Crippen molar-refractivity contribution >= 4 is 22.4 Å². The Hall–Kier alpha value is -1.18. The van der Waals surface area contributed by atoms with Gasteiger partial charge < -0.3 is 16.0 Å². The van der Waals surface area contributed by atoms with E-state index < -0.39 is 0 Å². The van der Waals surface area contributed by atoms with Gasteiger partial charge in [-0.3, -0.25) is 9.69 Å². The molecule has 1 aliphatic rings. The fraction of sp³-hybridized carbons (Fsp3) is 0.636. The third kappa shape index (κ3) is 3.18. The number of piperazine rings is 1. The summed E-state index contributed by atoms with van der Waals surface area (Å²) < 4.78 is 0. The van der Waals surface area contributed by atoms with Gasteiger partial charge in [0.1, 0.15) is 5.69 Å². The number of rotatable bonds is 3. The Kier molecular flexibility index (Phi) is 4.15. The van der Waals surface area contributed by atoms with Crippen LogP contribution in [0, 0.1) is 0 Å². The lowest BCUT2D eigenvalue weighted by molar-refractivity contribution is 0.0877. The molecule has 0 saturated carbocycles. The van der Waals surface area contributed by atoms with Gasteiger partial charge in [-0.1, -0.05) is 0 Å². The topological polar surface area (TPSA) is 74.5 Å². The van der Waals surface area contributed by atoms with Gasteiger partial charge in [-0.15, -0.1) is 11.3 Å². The second-order valence-corrected chi connectivity index (χ2v) is 5.57. The van der Waals surface area contributed by atoms with E-state index in [1.807, 2.05) is 0 Å². The highest BCUT2D eigenvalue weighted by molar-refractivity contribution is 7.13. The summed E-state index contributed by atoms with van der Waals surface area (Å²) in [5.74, 6) is -0.149. The lowest BCUT2D eigenvalue weighted by Gasteiger charge is -2.37. The highest BCUT2D eigenvalue weighted by Crippen LogP contribution is 2.11. The van der Waals surface area contributed by atoms with Crippen LogP contribution in [0.5, 0.6) is 0 Å². The number of thiazole rings is 1. The standard InChI is InChI=1S/C11H19N5OS/c1-15-3-4-16(2)8(6-15)5-13-10(17)9-7-18-11(12)14-9/h7-8H,3-6H2,1-2H3,(H2,12,14)(H,13,17). The minimum Gasteiger partial charge on any atom is -0.375 e. The molecule has 0 radical (unpaired) electrons. The predicted molar refractivity (Wildman–Crippen MR) is 72.8 cm³/mol. The zero-order valence-corrected chi connectivity index (χ0v) is 11.5. The molecule has 1 aromatic rings. The Morgan fingerprint density at radius 2 is 2.39 bits per heavy atom. The zero-order valence-electron chi connectivity index (χ0n) is 10.7. The number of carbonyl (C=O) groups is 1. The second-order valence-electron chi connectivity index (χ2n) is 4.68. The third-order valence-electron chi connectivity index (χ3n) is 3.23.